The van der Waals surface area contributed by atoms with Gasteiger partial charge in [0.25, 0.3) is 11.5 Å². The second-order valence-electron chi connectivity index (χ2n) is 6.02. The maximum Gasteiger partial charge on any atom is 0.274 e. The van der Waals surface area contributed by atoms with Gasteiger partial charge in [-0.15, -0.1) is 0 Å². The number of benzene rings is 2. The molecule has 0 radical (unpaired) electrons. The molecule has 0 saturated heterocycles. The minimum absolute atomic E-state index is 0.304. The van der Waals surface area contributed by atoms with Gasteiger partial charge in [-0.3, -0.25) is 9.59 Å². The Kier molecular flexibility index (Phi) is 4.48. The van der Waals surface area contributed by atoms with E-state index in [9.17, 15) is 9.59 Å². The lowest BCUT2D eigenvalue weighted by Crippen LogP contribution is -2.23. The first-order valence-corrected chi connectivity index (χ1v) is 8.69. The molecule has 0 atom stereocenters. The van der Waals surface area contributed by atoms with Gasteiger partial charge in [0.1, 0.15) is 5.56 Å². The summed E-state index contributed by atoms with van der Waals surface area (Å²) in [5, 5.41) is 7.49. The van der Waals surface area contributed by atoms with Crippen LogP contribution in [-0.2, 0) is 6.54 Å². The van der Waals surface area contributed by atoms with E-state index in [2.05, 4.69) is 15.4 Å². The number of nitrogens with one attached hydrogen (secondary N) is 2. The fourth-order valence-electron chi connectivity index (χ4n) is 2.81. The summed E-state index contributed by atoms with van der Waals surface area (Å²) in [6.45, 7) is 0.387. The second-order valence-corrected chi connectivity index (χ2v) is 6.45. The molecule has 0 fully saturated rings. The van der Waals surface area contributed by atoms with Gasteiger partial charge in [0.15, 0.2) is 5.65 Å². The van der Waals surface area contributed by atoms with Crippen LogP contribution in [0, 0.1) is 0 Å². The molecule has 2 aromatic heterocycles. The highest BCUT2D eigenvalue weighted by Crippen LogP contribution is 2.20. The summed E-state index contributed by atoms with van der Waals surface area (Å²) in [5.41, 5.74) is 2.68. The number of H-pyrrole nitrogens is 1. The van der Waals surface area contributed by atoms with Gasteiger partial charge in [0.05, 0.1) is 11.9 Å². The molecule has 0 spiro atoms. The molecule has 6 nitrogen and oxygen atoms in total. The van der Waals surface area contributed by atoms with Gasteiger partial charge in [-0.05, 0) is 23.3 Å². The summed E-state index contributed by atoms with van der Waals surface area (Å²) in [6.07, 6.45) is 1.39. The Morgan fingerprint density at radius 2 is 1.85 bits per heavy atom. The molecule has 27 heavy (non-hydrogen) atoms. The van der Waals surface area contributed by atoms with Gasteiger partial charge >= 0.3 is 0 Å². The summed E-state index contributed by atoms with van der Waals surface area (Å²) in [6, 6.07) is 18.1. The normalized spacial score (nSPS) is 10.9. The van der Waals surface area contributed by atoms with Gasteiger partial charge < -0.3 is 10.3 Å². The van der Waals surface area contributed by atoms with Crippen LogP contribution >= 0.6 is 11.6 Å². The quantitative estimate of drug-likeness (QED) is 0.572. The van der Waals surface area contributed by atoms with Crippen molar-refractivity contribution in [1.82, 2.24) is 19.9 Å². The third-order valence-corrected chi connectivity index (χ3v) is 4.45. The molecule has 0 saturated carbocycles. The lowest BCUT2D eigenvalue weighted by Gasteiger charge is -2.06. The van der Waals surface area contributed by atoms with E-state index in [0.717, 1.165) is 11.1 Å². The Balaban J connectivity index is 1.68. The number of rotatable bonds is 4. The van der Waals surface area contributed by atoms with Crippen molar-refractivity contribution in [3.05, 3.63) is 93.4 Å². The highest BCUT2D eigenvalue weighted by Gasteiger charge is 2.15. The molecule has 0 bridgehead atoms. The maximum atomic E-state index is 12.6. The number of aromatic amines is 1. The van der Waals surface area contributed by atoms with E-state index in [0.29, 0.717) is 28.5 Å². The average Bonchev–Trinajstić information content (AvgIpc) is 3.12. The van der Waals surface area contributed by atoms with Crippen LogP contribution in [0.4, 0.5) is 0 Å². The van der Waals surface area contributed by atoms with E-state index < -0.39 is 0 Å². The largest absolute Gasteiger partial charge is 0.348 e. The summed E-state index contributed by atoms with van der Waals surface area (Å²) in [7, 11) is 0. The number of carbonyl (C=O) groups excluding carboxylic acids is 1. The predicted octanol–water partition coefficient (Wildman–Crippen LogP) is 3.27. The van der Waals surface area contributed by atoms with Crippen molar-refractivity contribution in [3.63, 3.8) is 0 Å². The Hall–Kier alpha value is -3.38. The summed E-state index contributed by atoms with van der Waals surface area (Å²) in [4.78, 5) is 28.1. The third kappa shape index (κ3) is 3.47. The van der Waals surface area contributed by atoms with Crippen LogP contribution in [-0.4, -0.2) is 20.5 Å². The van der Waals surface area contributed by atoms with E-state index in [1.165, 1.54) is 16.8 Å². The van der Waals surface area contributed by atoms with Crippen LogP contribution in [0.1, 0.15) is 15.9 Å². The number of nitrogens with zero attached hydrogens (tertiary/aromatic N) is 2. The Morgan fingerprint density at radius 3 is 2.59 bits per heavy atom. The van der Waals surface area contributed by atoms with Crippen molar-refractivity contribution in [2.75, 3.05) is 0 Å². The molecule has 4 rings (SSSR count). The predicted molar refractivity (Wildman–Crippen MR) is 104 cm³/mol. The molecular weight excluding hydrogens is 364 g/mol. The van der Waals surface area contributed by atoms with Crippen LogP contribution in [0.15, 0.2) is 71.7 Å². The minimum atomic E-state index is -0.323. The number of carbonyl (C=O) groups is 1. The molecule has 2 heterocycles. The molecule has 2 N–H and O–H groups in total. The Morgan fingerprint density at radius 1 is 1.11 bits per heavy atom. The lowest BCUT2D eigenvalue weighted by molar-refractivity contribution is 0.0952. The number of amides is 1. The highest BCUT2D eigenvalue weighted by molar-refractivity contribution is 6.30. The molecular formula is C20H15ClN4O2. The van der Waals surface area contributed by atoms with Gasteiger partial charge in [0, 0.05) is 17.6 Å². The van der Waals surface area contributed by atoms with Crippen molar-refractivity contribution in [1.29, 1.82) is 0 Å². The third-order valence-electron chi connectivity index (χ3n) is 4.19. The van der Waals surface area contributed by atoms with E-state index >= 15 is 0 Å². The number of hydrogen-bond donors (Lipinski definition) is 2. The zero-order valence-electron chi connectivity index (χ0n) is 14.1. The van der Waals surface area contributed by atoms with E-state index in [4.69, 9.17) is 11.6 Å². The zero-order valence-corrected chi connectivity index (χ0v) is 14.9. The van der Waals surface area contributed by atoms with Gasteiger partial charge in [-0.25, -0.2) is 0 Å². The zero-order chi connectivity index (χ0) is 18.8. The van der Waals surface area contributed by atoms with Crippen molar-refractivity contribution in [3.8, 4) is 11.3 Å². The van der Waals surface area contributed by atoms with Crippen LogP contribution in [0.5, 0.6) is 0 Å². The topological polar surface area (TPSA) is 79.3 Å². The molecule has 0 aliphatic rings. The van der Waals surface area contributed by atoms with Gasteiger partial charge in [0.2, 0.25) is 0 Å². The van der Waals surface area contributed by atoms with Crippen LogP contribution < -0.4 is 10.9 Å². The maximum absolute atomic E-state index is 12.6. The van der Waals surface area contributed by atoms with Crippen molar-refractivity contribution in [2.24, 2.45) is 0 Å². The van der Waals surface area contributed by atoms with Crippen LogP contribution in [0.2, 0.25) is 5.02 Å². The summed E-state index contributed by atoms with van der Waals surface area (Å²) in [5.74, 6) is -0.308. The fourth-order valence-corrected chi connectivity index (χ4v) is 2.93. The first kappa shape index (κ1) is 17.1. The van der Waals surface area contributed by atoms with Gasteiger partial charge in [-0.1, -0.05) is 54.1 Å². The SMILES string of the molecule is O=C(NCc1ccccc1)c1cnn2c(=O)cc(-c3ccc(Cl)cc3)[nH]c12. The average molecular weight is 379 g/mol. The first-order valence-electron chi connectivity index (χ1n) is 8.31. The highest BCUT2D eigenvalue weighted by atomic mass is 35.5. The number of halogens is 1. The monoisotopic (exact) mass is 378 g/mol. The van der Waals surface area contributed by atoms with E-state index in [1.807, 2.05) is 30.3 Å². The molecule has 0 aliphatic heterocycles. The smallest absolute Gasteiger partial charge is 0.274 e. The minimum Gasteiger partial charge on any atom is -0.348 e. The molecule has 7 heteroatoms. The molecule has 4 aromatic rings. The summed E-state index contributed by atoms with van der Waals surface area (Å²) < 4.78 is 1.18. The fraction of sp³-hybridized carbons (Fsp3) is 0.0500. The van der Waals surface area contributed by atoms with Crippen molar-refractivity contribution >= 4 is 23.2 Å². The molecule has 2 aromatic carbocycles. The molecule has 0 unspecified atom stereocenters. The lowest BCUT2D eigenvalue weighted by atomic mass is 10.1. The summed E-state index contributed by atoms with van der Waals surface area (Å²) >= 11 is 5.92. The van der Waals surface area contributed by atoms with Crippen molar-refractivity contribution in [2.45, 2.75) is 6.54 Å². The second kappa shape index (κ2) is 7.09. The number of hydrogen-bond acceptors (Lipinski definition) is 3. The van der Waals surface area contributed by atoms with Crippen LogP contribution in [0.25, 0.3) is 16.9 Å². The number of fused-ring (bicyclic) bond motifs is 1. The van der Waals surface area contributed by atoms with Crippen molar-refractivity contribution < 1.29 is 4.79 Å². The molecule has 134 valence electrons. The molecule has 1 amide bonds. The Labute approximate surface area is 159 Å². The Bertz CT molecular complexity index is 1160. The standard InChI is InChI=1S/C20H15ClN4O2/c21-15-8-6-14(7-9-15)17-10-18(26)25-19(24-17)16(12-23-25)20(27)22-11-13-4-2-1-3-5-13/h1-10,12,24H,11H2,(H,22,27). The molecule has 0 aliphatic carbocycles. The van der Waals surface area contributed by atoms with Crippen LogP contribution in [0.3, 0.4) is 0 Å². The van der Waals surface area contributed by atoms with E-state index in [-0.39, 0.29) is 11.5 Å². The van der Waals surface area contributed by atoms with E-state index in [1.54, 1.807) is 24.3 Å². The van der Waals surface area contributed by atoms with Gasteiger partial charge in [-0.2, -0.15) is 9.61 Å². The number of aromatic nitrogens is 3. The first-order chi connectivity index (χ1) is 13.1.